The van der Waals surface area contributed by atoms with Crippen LogP contribution in [0.5, 0.6) is 0 Å². The second-order valence-electron chi connectivity index (χ2n) is 10.2. The maximum Gasteiger partial charge on any atom is 0.310 e. The largest absolute Gasteiger partial charge is 0.465 e. The monoisotopic (exact) mass is 590 g/mol. The van der Waals surface area contributed by atoms with Gasteiger partial charge in [-0.25, -0.2) is 0 Å². The number of aliphatic hydroxyl groups excluding tert-OH is 1. The lowest BCUT2D eigenvalue weighted by atomic mass is 9.71. The number of hydrogen-bond donors (Lipinski definition) is 1. The first-order valence-electron chi connectivity index (χ1n) is 12.6. The van der Waals surface area contributed by atoms with Crippen LogP contribution in [0, 0.1) is 25.7 Å². The maximum atomic E-state index is 14.5. The van der Waals surface area contributed by atoms with Crippen LogP contribution in [0.3, 0.4) is 0 Å². The molecule has 1 spiro atoms. The fraction of sp³-hybridized carbons (Fsp3) is 0.536. The number of benzene rings is 1. The molecular formula is C28H35BrN2O5S. The molecule has 200 valence electrons. The van der Waals surface area contributed by atoms with Crippen LogP contribution in [0.1, 0.15) is 30.9 Å². The van der Waals surface area contributed by atoms with Gasteiger partial charge in [0, 0.05) is 22.3 Å². The maximum absolute atomic E-state index is 14.5. The highest BCUT2D eigenvalue weighted by Gasteiger charge is 2.76. The van der Waals surface area contributed by atoms with Crippen molar-refractivity contribution in [2.24, 2.45) is 11.8 Å². The molecule has 1 N–H and O–H groups in total. The van der Waals surface area contributed by atoms with Gasteiger partial charge in [-0.2, -0.15) is 0 Å². The van der Waals surface area contributed by atoms with Crippen molar-refractivity contribution in [3.63, 3.8) is 0 Å². The molecule has 3 saturated heterocycles. The van der Waals surface area contributed by atoms with E-state index in [1.165, 1.54) is 4.90 Å². The zero-order valence-electron chi connectivity index (χ0n) is 21.6. The van der Waals surface area contributed by atoms with Crippen LogP contribution in [0.4, 0.5) is 5.69 Å². The summed E-state index contributed by atoms with van der Waals surface area (Å²) < 4.78 is 4.74. The van der Waals surface area contributed by atoms with E-state index >= 15 is 0 Å². The van der Waals surface area contributed by atoms with Gasteiger partial charge in [0.1, 0.15) is 6.04 Å². The Bertz CT molecular complexity index is 1110. The van der Waals surface area contributed by atoms with Crippen molar-refractivity contribution in [2.75, 3.05) is 24.7 Å². The average molecular weight is 592 g/mol. The third-order valence-electron chi connectivity index (χ3n) is 7.77. The predicted octanol–water partition coefficient (Wildman–Crippen LogP) is 3.79. The van der Waals surface area contributed by atoms with Crippen LogP contribution in [0.15, 0.2) is 43.5 Å². The summed E-state index contributed by atoms with van der Waals surface area (Å²) in [5, 5.41) is 9.92. The molecule has 0 aromatic heterocycles. The first kappa shape index (κ1) is 27.9. The molecule has 37 heavy (non-hydrogen) atoms. The minimum absolute atomic E-state index is 0.0493. The van der Waals surface area contributed by atoms with Gasteiger partial charge in [0.15, 0.2) is 0 Å². The SMILES string of the molecule is C=CCCOC(=O)[C@H]1[C@@H]2SC3(CC2Br)C(C(=O)N(CC=C)c2cc(C)ccc2C)N([C@H](C)CO)C(=O)[C@H]13. The molecule has 4 rings (SSSR count). The molecule has 3 aliphatic heterocycles. The lowest BCUT2D eigenvalue weighted by Crippen LogP contribution is -2.57. The number of amides is 2. The fourth-order valence-electron chi connectivity index (χ4n) is 6.11. The van der Waals surface area contributed by atoms with E-state index < -0.39 is 34.6 Å². The van der Waals surface area contributed by atoms with E-state index in [2.05, 4.69) is 29.1 Å². The highest BCUT2D eigenvalue weighted by molar-refractivity contribution is 9.09. The number of fused-ring (bicyclic) bond motifs is 1. The molecule has 0 saturated carbocycles. The highest BCUT2D eigenvalue weighted by Crippen LogP contribution is 2.68. The van der Waals surface area contributed by atoms with Crippen molar-refractivity contribution in [1.29, 1.82) is 0 Å². The molecule has 7 nitrogen and oxygen atoms in total. The normalized spacial score (nSPS) is 30.7. The van der Waals surface area contributed by atoms with E-state index in [9.17, 15) is 19.5 Å². The Kier molecular flexibility index (Phi) is 8.26. The van der Waals surface area contributed by atoms with Crippen molar-refractivity contribution in [3.05, 3.63) is 54.6 Å². The van der Waals surface area contributed by atoms with Crippen LogP contribution in [0.25, 0.3) is 0 Å². The molecule has 3 heterocycles. The van der Waals surface area contributed by atoms with E-state index in [0.29, 0.717) is 12.8 Å². The highest BCUT2D eigenvalue weighted by atomic mass is 79.9. The molecule has 3 unspecified atom stereocenters. The van der Waals surface area contributed by atoms with Crippen molar-refractivity contribution >= 4 is 51.2 Å². The number of halogens is 1. The van der Waals surface area contributed by atoms with E-state index in [-0.39, 0.29) is 41.6 Å². The minimum atomic E-state index is -0.840. The van der Waals surface area contributed by atoms with Gasteiger partial charge in [-0.05, 0) is 50.8 Å². The van der Waals surface area contributed by atoms with Gasteiger partial charge in [-0.3, -0.25) is 14.4 Å². The molecule has 0 radical (unpaired) electrons. The summed E-state index contributed by atoms with van der Waals surface area (Å²) in [4.78, 5) is 45.0. The van der Waals surface area contributed by atoms with E-state index in [1.54, 1.807) is 35.7 Å². The molecule has 3 fully saturated rings. The van der Waals surface area contributed by atoms with Crippen LogP contribution >= 0.6 is 27.7 Å². The quantitative estimate of drug-likeness (QED) is 0.193. The third kappa shape index (κ3) is 4.57. The van der Waals surface area contributed by atoms with Gasteiger partial charge in [0.2, 0.25) is 5.91 Å². The van der Waals surface area contributed by atoms with Crippen LogP contribution in [0.2, 0.25) is 0 Å². The number of esters is 1. The number of hydrogen-bond acceptors (Lipinski definition) is 6. The summed E-state index contributed by atoms with van der Waals surface area (Å²) in [5.74, 6) is -2.26. The smallest absolute Gasteiger partial charge is 0.310 e. The Morgan fingerprint density at radius 2 is 2.08 bits per heavy atom. The predicted molar refractivity (Wildman–Crippen MR) is 150 cm³/mol. The number of anilines is 1. The van der Waals surface area contributed by atoms with Gasteiger partial charge in [-0.15, -0.1) is 24.9 Å². The molecule has 2 bridgehead atoms. The van der Waals surface area contributed by atoms with Crippen LogP contribution < -0.4 is 4.90 Å². The summed E-state index contributed by atoms with van der Waals surface area (Å²) in [6.07, 6.45) is 4.45. The number of nitrogens with zero attached hydrogens (tertiary/aromatic N) is 2. The van der Waals surface area contributed by atoms with Crippen molar-refractivity contribution < 1.29 is 24.2 Å². The number of carbonyl (C=O) groups excluding carboxylic acids is 3. The Hall–Kier alpha value is -2.10. The molecule has 1 aromatic rings. The molecule has 7 atom stereocenters. The van der Waals surface area contributed by atoms with Crippen molar-refractivity contribution in [2.45, 2.75) is 60.5 Å². The molecule has 2 amide bonds. The molecule has 9 heteroatoms. The molecule has 3 aliphatic rings. The van der Waals surface area contributed by atoms with Crippen LogP contribution in [-0.4, -0.2) is 74.5 Å². The van der Waals surface area contributed by atoms with E-state index in [4.69, 9.17) is 4.74 Å². The minimum Gasteiger partial charge on any atom is -0.465 e. The number of alkyl halides is 1. The topological polar surface area (TPSA) is 87.2 Å². The number of aliphatic hydroxyl groups is 1. The van der Waals surface area contributed by atoms with Crippen LogP contribution in [-0.2, 0) is 19.1 Å². The lowest BCUT2D eigenvalue weighted by Gasteiger charge is -2.39. The summed E-state index contributed by atoms with van der Waals surface area (Å²) in [6, 6.07) is 4.51. The van der Waals surface area contributed by atoms with E-state index in [1.807, 2.05) is 32.0 Å². The number of thioether (sulfide) groups is 1. The number of ether oxygens (including phenoxy) is 1. The fourth-order valence-corrected chi connectivity index (χ4v) is 9.69. The van der Waals surface area contributed by atoms with Crippen molar-refractivity contribution in [1.82, 2.24) is 4.90 Å². The number of rotatable bonds is 10. The summed E-state index contributed by atoms with van der Waals surface area (Å²) in [5.41, 5.74) is 2.72. The molecule has 0 aliphatic carbocycles. The Morgan fingerprint density at radius 1 is 1.35 bits per heavy atom. The first-order valence-corrected chi connectivity index (χ1v) is 14.4. The zero-order valence-corrected chi connectivity index (χ0v) is 24.0. The second kappa shape index (κ2) is 10.9. The Balaban J connectivity index is 1.80. The van der Waals surface area contributed by atoms with Crippen molar-refractivity contribution in [3.8, 4) is 0 Å². The lowest BCUT2D eigenvalue weighted by molar-refractivity contribution is -0.154. The molecule has 1 aromatic carbocycles. The van der Waals surface area contributed by atoms with Gasteiger partial charge >= 0.3 is 5.97 Å². The summed E-state index contributed by atoms with van der Waals surface area (Å²) >= 11 is 5.31. The van der Waals surface area contributed by atoms with Gasteiger partial charge in [-0.1, -0.05) is 40.2 Å². The Labute approximate surface area is 231 Å². The standard InChI is InChI=1S/C28H35BrN2O5S/c1-6-8-12-36-27(35)21-22-25(33)31(18(5)15-32)24(28(22)14-19(29)23(21)37-28)26(34)30(11-7-2)20-13-16(3)9-10-17(20)4/h6-7,9-10,13,18-19,21-24,32H,1-2,8,11-12,14-15H2,3-5H3/t18-,19?,21-,22+,23-,24?,28?/m1/s1. The summed E-state index contributed by atoms with van der Waals surface area (Å²) in [6.45, 7) is 13.4. The number of carbonyl (C=O) groups is 3. The Morgan fingerprint density at radius 3 is 2.73 bits per heavy atom. The number of aryl methyl sites for hydroxylation is 2. The summed E-state index contributed by atoms with van der Waals surface area (Å²) in [7, 11) is 0. The van der Waals surface area contributed by atoms with Gasteiger partial charge in [0.25, 0.3) is 5.91 Å². The van der Waals surface area contributed by atoms with Gasteiger partial charge < -0.3 is 19.6 Å². The second-order valence-corrected chi connectivity index (χ2v) is 12.9. The third-order valence-corrected chi connectivity index (χ3v) is 11.0. The number of likely N-dealkylation sites (tertiary alicyclic amines) is 1. The average Bonchev–Trinajstić information content (AvgIpc) is 3.46. The zero-order chi connectivity index (χ0) is 27.1. The molecular weight excluding hydrogens is 556 g/mol. The first-order chi connectivity index (χ1) is 17.6. The van der Waals surface area contributed by atoms with E-state index in [0.717, 1.165) is 16.8 Å². The van der Waals surface area contributed by atoms with Gasteiger partial charge in [0.05, 0.1) is 35.8 Å².